The standard InChI is InChI=1S/C14H20OS/c1-10(2)11-3-5-12(6-4-11)14(15)13-7-8-16-9-13/h7-12H,3-6H2,1-2H3. The summed E-state index contributed by atoms with van der Waals surface area (Å²) in [4.78, 5) is 12.1. The van der Waals surface area contributed by atoms with Gasteiger partial charge in [-0.2, -0.15) is 11.3 Å². The summed E-state index contributed by atoms with van der Waals surface area (Å²) in [5.74, 6) is 2.29. The molecule has 0 unspecified atom stereocenters. The van der Waals surface area contributed by atoms with Crippen molar-refractivity contribution in [2.24, 2.45) is 17.8 Å². The van der Waals surface area contributed by atoms with Gasteiger partial charge in [0.1, 0.15) is 0 Å². The van der Waals surface area contributed by atoms with Gasteiger partial charge in [-0.25, -0.2) is 0 Å². The van der Waals surface area contributed by atoms with Crippen LogP contribution in [-0.4, -0.2) is 5.78 Å². The van der Waals surface area contributed by atoms with Crippen LogP contribution in [0.3, 0.4) is 0 Å². The molecule has 1 saturated carbocycles. The first-order valence-electron chi connectivity index (χ1n) is 6.25. The molecule has 0 aliphatic heterocycles. The molecule has 0 aromatic carbocycles. The monoisotopic (exact) mass is 236 g/mol. The average molecular weight is 236 g/mol. The number of Topliss-reactive ketones (excluding diaryl/α,β-unsaturated/α-hetero) is 1. The molecule has 0 N–H and O–H groups in total. The Labute approximate surface area is 102 Å². The minimum Gasteiger partial charge on any atom is -0.294 e. The molecule has 0 bridgehead atoms. The van der Waals surface area contributed by atoms with Crippen molar-refractivity contribution in [1.29, 1.82) is 0 Å². The van der Waals surface area contributed by atoms with E-state index in [9.17, 15) is 4.79 Å². The number of hydrogen-bond donors (Lipinski definition) is 0. The second kappa shape index (κ2) is 5.13. The van der Waals surface area contributed by atoms with Gasteiger partial charge in [-0.05, 0) is 49.0 Å². The van der Waals surface area contributed by atoms with Crippen LogP contribution in [0.2, 0.25) is 0 Å². The second-order valence-corrected chi connectivity index (χ2v) is 6.01. The van der Waals surface area contributed by atoms with Gasteiger partial charge >= 0.3 is 0 Å². The first-order valence-corrected chi connectivity index (χ1v) is 7.19. The molecule has 1 aliphatic rings. The molecule has 0 radical (unpaired) electrons. The quantitative estimate of drug-likeness (QED) is 0.711. The lowest BCUT2D eigenvalue weighted by Crippen LogP contribution is -2.23. The van der Waals surface area contributed by atoms with Crippen molar-refractivity contribution in [3.8, 4) is 0 Å². The molecule has 2 rings (SSSR count). The molecule has 1 aliphatic carbocycles. The van der Waals surface area contributed by atoms with Gasteiger partial charge in [-0.1, -0.05) is 13.8 Å². The fourth-order valence-electron chi connectivity index (χ4n) is 2.69. The lowest BCUT2D eigenvalue weighted by molar-refractivity contribution is 0.0859. The first kappa shape index (κ1) is 11.8. The van der Waals surface area contributed by atoms with Gasteiger partial charge < -0.3 is 0 Å². The minimum absolute atomic E-state index is 0.296. The number of ketones is 1. The summed E-state index contributed by atoms with van der Waals surface area (Å²) in [6.07, 6.45) is 4.66. The predicted molar refractivity (Wildman–Crippen MR) is 68.9 cm³/mol. The molecule has 0 amide bonds. The van der Waals surface area contributed by atoms with Crippen molar-refractivity contribution in [3.63, 3.8) is 0 Å². The van der Waals surface area contributed by atoms with Gasteiger partial charge in [0.25, 0.3) is 0 Å². The average Bonchev–Trinajstić information content (AvgIpc) is 2.81. The largest absolute Gasteiger partial charge is 0.294 e. The van der Waals surface area contributed by atoms with E-state index in [-0.39, 0.29) is 0 Å². The number of thiophene rings is 1. The van der Waals surface area contributed by atoms with Crippen LogP contribution in [0.25, 0.3) is 0 Å². The van der Waals surface area contributed by atoms with E-state index in [2.05, 4.69) is 13.8 Å². The molecule has 1 aromatic rings. The van der Waals surface area contributed by atoms with Crippen molar-refractivity contribution in [3.05, 3.63) is 22.4 Å². The SMILES string of the molecule is CC(C)C1CCC(C(=O)c2ccsc2)CC1. The summed E-state index contributed by atoms with van der Waals surface area (Å²) in [5.41, 5.74) is 0.929. The Morgan fingerprint density at radius 1 is 1.31 bits per heavy atom. The third-order valence-electron chi connectivity index (χ3n) is 3.89. The van der Waals surface area contributed by atoms with E-state index in [4.69, 9.17) is 0 Å². The van der Waals surface area contributed by atoms with E-state index < -0.39 is 0 Å². The van der Waals surface area contributed by atoms with E-state index >= 15 is 0 Å². The van der Waals surface area contributed by atoms with Crippen LogP contribution in [0, 0.1) is 17.8 Å². The van der Waals surface area contributed by atoms with E-state index in [0.717, 1.165) is 30.2 Å². The molecule has 0 atom stereocenters. The molecule has 1 nitrogen and oxygen atoms in total. The Balaban J connectivity index is 1.92. The highest BCUT2D eigenvalue weighted by Gasteiger charge is 2.28. The fourth-order valence-corrected chi connectivity index (χ4v) is 3.33. The number of carbonyl (C=O) groups excluding carboxylic acids is 1. The van der Waals surface area contributed by atoms with E-state index in [1.54, 1.807) is 11.3 Å². The molecular weight excluding hydrogens is 216 g/mol. The van der Waals surface area contributed by atoms with Crippen molar-refractivity contribution in [2.45, 2.75) is 39.5 Å². The topological polar surface area (TPSA) is 17.1 Å². The Kier molecular flexibility index (Phi) is 3.80. The van der Waals surface area contributed by atoms with Crippen LogP contribution in [-0.2, 0) is 0 Å². The van der Waals surface area contributed by atoms with Crippen molar-refractivity contribution in [2.75, 3.05) is 0 Å². The molecule has 0 spiro atoms. The van der Waals surface area contributed by atoms with E-state index in [1.165, 1.54) is 12.8 Å². The molecule has 16 heavy (non-hydrogen) atoms. The van der Waals surface area contributed by atoms with Gasteiger partial charge in [0.15, 0.2) is 5.78 Å². The minimum atomic E-state index is 0.296. The normalized spacial score (nSPS) is 25.9. The number of carbonyl (C=O) groups is 1. The lowest BCUT2D eigenvalue weighted by atomic mass is 9.75. The zero-order valence-electron chi connectivity index (χ0n) is 10.1. The second-order valence-electron chi connectivity index (χ2n) is 5.23. The summed E-state index contributed by atoms with van der Waals surface area (Å²) >= 11 is 1.62. The van der Waals surface area contributed by atoms with Gasteiger partial charge in [0, 0.05) is 16.9 Å². The van der Waals surface area contributed by atoms with Gasteiger partial charge in [0.05, 0.1) is 0 Å². The summed E-state index contributed by atoms with van der Waals surface area (Å²) in [7, 11) is 0. The number of rotatable bonds is 3. The predicted octanol–water partition coefficient (Wildman–Crippen LogP) is 4.39. The highest BCUT2D eigenvalue weighted by atomic mass is 32.1. The number of hydrogen-bond acceptors (Lipinski definition) is 2. The molecule has 1 fully saturated rings. The van der Waals surface area contributed by atoms with Gasteiger partial charge in [-0.3, -0.25) is 4.79 Å². The van der Waals surface area contributed by atoms with Crippen molar-refractivity contribution in [1.82, 2.24) is 0 Å². The highest BCUT2D eigenvalue weighted by molar-refractivity contribution is 7.08. The van der Waals surface area contributed by atoms with Crippen LogP contribution in [0.5, 0.6) is 0 Å². The molecule has 1 aromatic heterocycles. The van der Waals surface area contributed by atoms with Crippen molar-refractivity contribution < 1.29 is 4.79 Å². The summed E-state index contributed by atoms with van der Waals surface area (Å²) in [5, 5.41) is 3.98. The Morgan fingerprint density at radius 3 is 2.50 bits per heavy atom. The zero-order valence-corrected chi connectivity index (χ0v) is 10.9. The molecule has 88 valence electrons. The molecule has 2 heteroatoms. The highest BCUT2D eigenvalue weighted by Crippen LogP contribution is 2.34. The van der Waals surface area contributed by atoms with Crippen LogP contribution >= 0.6 is 11.3 Å². The maximum atomic E-state index is 12.1. The fraction of sp³-hybridized carbons (Fsp3) is 0.643. The molecule has 1 heterocycles. The Morgan fingerprint density at radius 2 is 2.00 bits per heavy atom. The van der Waals surface area contributed by atoms with Crippen LogP contribution in [0.4, 0.5) is 0 Å². The van der Waals surface area contributed by atoms with Gasteiger partial charge in [0.2, 0.25) is 0 Å². The Hall–Kier alpha value is -0.630. The maximum absolute atomic E-state index is 12.1. The maximum Gasteiger partial charge on any atom is 0.166 e. The van der Waals surface area contributed by atoms with Gasteiger partial charge in [-0.15, -0.1) is 0 Å². The smallest absolute Gasteiger partial charge is 0.166 e. The molecular formula is C14H20OS. The zero-order chi connectivity index (χ0) is 11.5. The summed E-state index contributed by atoms with van der Waals surface area (Å²) in [6.45, 7) is 4.59. The summed E-state index contributed by atoms with van der Waals surface area (Å²) < 4.78 is 0. The van der Waals surface area contributed by atoms with Crippen LogP contribution < -0.4 is 0 Å². The van der Waals surface area contributed by atoms with Crippen molar-refractivity contribution >= 4 is 17.1 Å². The van der Waals surface area contributed by atoms with E-state index in [1.807, 2.05) is 16.8 Å². The third-order valence-corrected chi connectivity index (χ3v) is 4.57. The third kappa shape index (κ3) is 2.54. The molecule has 0 saturated heterocycles. The summed E-state index contributed by atoms with van der Waals surface area (Å²) in [6, 6.07) is 1.96. The van der Waals surface area contributed by atoms with Crippen LogP contribution in [0.1, 0.15) is 49.9 Å². The first-order chi connectivity index (χ1) is 7.68. The van der Waals surface area contributed by atoms with E-state index in [0.29, 0.717) is 11.7 Å². The lowest BCUT2D eigenvalue weighted by Gasteiger charge is -2.29. The van der Waals surface area contributed by atoms with Crippen LogP contribution in [0.15, 0.2) is 16.8 Å². The Bertz CT molecular complexity index is 332.